The Morgan fingerprint density at radius 3 is 2.64 bits per heavy atom. The van der Waals surface area contributed by atoms with E-state index in [0.29, 0.717) is 32.6 Å². The molecular formula is C16H31NO4S. The molecule has 130 valence electrons. The summed E-state index contributed by atoms with van der Waals surface area (Å²) in [6.45, 7) is 9.56. The van der Waals surface area contributed by atoms with Gasteiger partial charge in [-0.05, 0) is 38.0 Å². The van der Waals surface area contributed by atoms with E-state index < -0.39 is 15.6 Å². The van der Waals surface area contributed by atoms with Gasteiger partial charge in [-0.15, -0.1) is 0 Å². The number of hydrogen-bond donors (Lipinski definition) is 1. The standard InChI is InChI=1S/C16H31NO4S/c1-15(2,3)8-11-22(19,20)17-9-5-6-14(17)13-12-21-10-7-16(13,4)18/h13-14,18H,5-12H2,1-4H3/t13-,14-,16+/m1/s1. The van der Waals surface area contributed by atoms with Crippen LogP contribution >= 0.6 is 0 Å². The normalized spacial score (nSPS) is 35.0. The van der Waals surface area contributed by atoms with Gasteiger partial charge in [-0.3, -0.25) is 0 Å². The van der Waals surface area contributed by atoms with Crippen molar-refractivity contribution in [3.8, 4) is 0 Å². The number of hydrogen-bond acceptors (Lipinski definition) is 4. The van der Waals surface area contributed by atoms with Crippen LogP contribution in [0.5, 0.6) is 0 Å². The molecule has 0 saturated carbocycles. The van der Waals surface area contributed by atoms with Gasteiger partial charge in [0.05, 0.1) is 18.0 Å². The predicted molar refractivity (Wildman–Crippen MR) is 87.1 cm³/mol. The predicted octanol–water partition coefficient (Wildman–Crippen LogP) is 2.00. The van der Waals surface area contributed by atoms with Crippen molar-refractivity contribution in [1.82, 2.24) is 4.31 Å². The van der Waals surface area contributed by atoms with E-state index in [4.69, 9.17) is 4.74 Å². The van der Waals surface area contributed by atoms with Crippen LogP contribution in [0, 0.1) is 11.3 Å². The van der Waals surface area contributed by atoms with Crippen LogP contribution in [0.3, 0.4) is 0 Å². The minimum absolute atomic E-state index is 0.00172. The Kier molecular flexibility index (Phi) is 5.27. The van der Waals surface area contributed by atoms with Gasteiger partial charge in [0.2, 0.25) is 10.0 Å². The minimum Gasteiger partial charge on any atom is -0.390 e. The molecule has 2 rings (SSSR count). The van der Waals surface area contributed by atoms with Crippen LogP contribution in [0.4, 0.5) is 0 Å². The summed E-state index contributed by atoms with van der Waals surface area (Å²) in [7, 11) is -3.28. The Morgan fingerprint density at radius 2 is 2.05 bits per heavy atom. The second-order valence-electron chi connectivity index (χ2n) is 8.24. The Bertz CT molecular complexity index is 481. The molecular weight excluding hydrogens is 302 g/mol. The zero-order valence-electron chi connectivity index (χ0n) is 14.3. The molecule has 0 aromatic heterocycles. The first-order chi connectivity index (χ1) is 10.0. The molecule has 2 aliphatic heterocycles. The monoisotopic (exact) mass is 333 g/mol. The van der Waals surface area contributed by atoms with Gasteiger partial charge in [0.1, 0.15) is 0 Å². The van der Waals surface area contributed by atoms with Gasteiger partial charge in [0, 0.05) is 25.1 Å². The summed E-state index contributed by atoms with van der Waals surface area (Å²) >= 11 is 0. The van der Waals surface area contributed by atoms with E-state index in [-0.39, 0.29) is 23.1 Å². The van der Waals surface area contributed by atoms with Gasteiger partial charge in [-0.25, -0.2) is 8.42 Å². The molecule has 3 atom stereocenters. The highest BCUT2D eigenvalue weighted by Gasteiger charge is 2.47. The van der Waals surface area contributed by atoms with Crippen LogP contribution in [0.25, 0.3) is 0 Å². The number of ether oxygens (including phenoxy) is 1. The summed E-state index contributed by atoms with van der Waals surface area (Å²) in [5.41, 5.74) is -0.840. The highest BCUT2D eigenvalue weighted by molar-refractivity contribution is 7.89. The first kappa shape index (κ1) is 18.2. The lowest BCUT2D eigenvalue weighted by atomic mass is 9.80. The van der Waals surface area contributed by atoms with Crippen molar-refractivity contribution in [2.75, 3.05) is 25.5 Å². The second kappa shape index (κ2) is 6.38. The van der Waals surface area contributed by atoms with E-state index in [1.54, 1.807) is 4.31 Å². The third-order valence-electron chi connectivity index (χ3n) is 5.03. The summed E-state index contributed by atoms with van der Waals surface area (Å²) in [6, 6.07) is -0.125. The smallest absolute Gasteiger partial charge is 0.214 e. The highest BCUT2D eigenvalue weighted by Crippen LogP contribution is 2.37. The van der Waals surface area contributed by atoms with Crippen molar-refractivity contribution in [2.24, 2.45) is 11.3 Å². The summed E-state index contributed by atoms with van der Waals surface area (Å²) in [4.78, 5) is 0. The molecule has 2 saturated heterocycles. The van der Waals surface area contributed by atoms with Crippen LogP contribution in [-0.2, 0) is 14.8 Å². The summed E-state index contributed by atoms with van der Waals surface area (Å²) in [6.07, 6.45) is 2.91. The third-order valence-corrected chi connectivity index (χ3v) is 6.92. The summed E-state index contributed by atoms with van der Waals surface area (Å²) < 4.78 is 32.7. The molecule has 0 aromatic carbocycles. The molecule has 0 bridgehead atoms. The zero-order chi connectivity index (χ0) is 16.6. The van der Waals surface area contributed by atoms with E-state index in [0.717, 1.165) is 12.8 Å². The number of nitrogens with zero attached hydrogens (tertiary/aromatic N) is 1. The molecule has 0 amide bonds. The maximum absolute atomic E-state index is 12.7. The van der Waals surface area contributed by atoms with Crippen molar-refractivity contribution >= 4 is 10.0 Å². The average molecular weight is 333 g/mol. The van der Waals surface area contributed by atoms with Crippen molar-refractivity contribution < 1.29 is 18.3 Å². The van der Waals surface area contributed by atoms with Crippen molar-refractivity contribution in [1.29, 1.82) is 0 Å². The minimum atomic E-state index is -3.28. The van der Waals surface area contributed by atoms with Crippen LogP contribution in [0.2, 0.25) is 0 Å². The second-order valence-corrected chi connectivity index (χ2v) is 10.3. The first-order valence-electron chi connectivity index (χ1n) is 8.33. The molecule has 2 aliphatic rings. The van der Waals surface area contributed by atoms with E-state index >= 15 is 0 Å². The highest BCUT2D eigenvalue weighted by atomic mass is 32.2. The van der Waals surface area contributed by atoms with E-state index in [2.05, 4.69) is 20.8 Å². The number of rotatable bonds is 4. The molecule has 22 heavy (non-hydrogen) atoms. The fourth-order valence-electron chi connectivity index (χ4n) is 3.45. The molecule has 5 nitrogen and oxygen atoms in total. The largest absolute Gasteiger partial charge is 0.390 e. The molecule has 0 aliphatic carbocycles. The fraction of sp³-hybridized carbons (Fsp3) is 1.00. The molecule has 6 heteroatoms. The maximum Gasteiger partial charge on any atom is 0.214 e. The number of sulfonamides is 1. The van der Waals surface area contributed by atoms with E-state index in [9.17, 15) is 13.5 Å². The lowest BCUT2D eigenvalue weighted by molar-refractivity contribution is -0.116. The molecule has 2 heterocycles. The third kappa shape index (κ3) is 4.22. The van der Waals surface area contributed by atoms with Crippen molar-refractivity contribution in [2.45, 2.75) is 65.0 Å². The molecule has 1 N–H and O–H groups in total. The van der Waals surface area contributed by atoms with E-state index in [1.165, 1.54) is 0 Å². The topological polar surface area (TPSA) is 66.8 Å². The van der Waals surface area contributed by atoms with E-state index in [1.807, 2.05) is 6.92 Å². The molecule has 0 radical (unpaired) electrons. The van der Waals surface area contributed by atoms with Gasteiger partial charge in [0.25, 0.3) is 0 Å². The molecule has 0 spiro atoms. The molecule has 0 unspecified atom stereocenters. The summed E-state index contributed by atoms with van der Waals surface area (Å²) in [5, 5.41) is 10.6. The summed E-state index contributed by atoms with van der Waals surface area (Å²) in [5.74, 6) is 0.0519. The Hall–Kier alpha value is -0.170. The van der Waals surface area contributed by atoms with Crippen LogP contribution < -0.4 is 0 Å². The fourth-order valence-corrected chi connectivity index (χ4v) is 5.62. The molecule has 0 aromatic rings. The Labute approximate surface area is 135 Å². The van der Waals surface area contributed by atoms with Gasteiger partial charge in [-0.1, -0.05) is 20.8 Å². The zero-order valence-corrected chi connectivity index (χ0v) is 15.2. The average Bonchev–Trinajstić information content (AvgIpc) is 2.85. The van der Waals surface area contributed by atoms with Crippen LogP contribution in [-0.4, -0.2) is 55.0 Å². The van der Waals surface area contributed by atoms with Crippen LogP contribution in [0.1, 0.15) is 53.4 Å². The maximum atomic E-state index is 12.7. The first-order valence-corrected chi connectivity index (χ1v) is 9.93. The van der Waals surface area contributed by atoms with Crippen LogP contribution in [0.15, 0.2) is 0 Å². The number of aliphatic hydroxyl groups is 1. The quantitative estimate of drug-likeness (QED) is 0.854. The molecule has 2 fully saturated rings. The van der Waals surface area contributed by atoms with Crippen molar-refractivity contribution in [3.63, 3.8) is 0 Å². The van der Waals surface area contributed by atoms with Gasteiger partial charge in [0.15, 0.2) is 0 Å². The van der Waals surface area contributed by atoms with Crippen molar-refractivity contribution in [3.05, 3.63) is 0 Å². The SMILES string of the molecule is CC(C)(C)CCS(=O)(=O)N1CCC[C@@H]1[C@H]1COCC[C@]1(C)O. The van der Waals surface area contributed by atoms with Gasteiger partial charge < -0.3 is 9.84 Å². The Balaban J connectivity index is 2.12. The lowest BCUT2D eigenvalue weighted by Crippen LogP contribution is -2.54. The van der Waals surface area contributed by atoms with Gasteiger partial charge in [-0.2, -0.15) is 4.31 Å². The lowest BCUT2D eigenvalue weighted by Gasteiger charge is -2.42. The van der Waals surface area contributed by atoms with Gasteiger partial charge >= 0.3 is 0 Å². The Morgan fingerprint density at radius 1 is 1.36 bits per heavy atom.